The first-order chi connectivity index (χ1) is 8.76. The highest BCUT2D eigenvalue weighted by Gasteiger charge is 2.16. The molecule has 1 aromatic rings. The van der Waals surface area contributed by atoms with Crippen molar-refractivity contribution in [1.29, 1.82) is 0 Å². The molecule has 0 saturated heterocycles. The first-order valence-electron chi connectivity index (χ1n) is 6.18. The van der Waals surface area contributed by atoms with Gasteiger partial charge in [0.2, 0.25) is 15.9 Å². The highest BCUT2D eigenvalue weighted by atomic mass is 32.2. The normalized spacial score (nSPS) is 11.4. The van der Waals surface area contributed by atoms with Crippen molar-refractivity contribution in [3.05, 3.63) is 23.8 Å². The SMILES string of the molecule is CCC(=O)Nc1ccc(C)c(NS(=O)(=O)C(C)C)c1. The number of hydrogen-bond donors (Lipinski definition) is 2. The Kier molecular flexibility index (Phi) is 4.94. The van der Waals surface area contributed by atoms with Crippen molar-refractivity contribution in [2.75, 3.05) is 10.0 Å². The molecule has 2 N–H and O–H groups in total. The first kappa shape index (κ1) is 15.5. The maximum Gasteiger partial charge on any atom is 0.235 e. The maximum absolute atomic E-state index is 11.8. The lowest BCUT2D eigenvalue weighted by Crippen LogP contribution is -2.23. The largest absolute Gasteiger partial charge is 0.326 e. The number of aryl methyl sites for hydroxylation is 1. The van der Waals surface area contributed by atoms with E-state index in [1.54, 1.807) is 39.0 Å². The van der Waals surface area contributed by atoms with Gasteiger partial charge in [0.15, 0.2) is 0 Å². The van der Waals surface area contributed by atoms with E-state index in [9.17, 15) is 13.2 Å². The van der Waals surface area contributed by atoms with Crippen molar-refractivity contribution in [3.63, 3.8) is 0 Å². The third-order valence-corrected chi connectivity index (χ3v) is 4.46. The summed E-state index contributed by atoms with van der Waals surface area (Å²) in [7, 11) is -3.39. The minimum Gasteiger partial charge on any atom is -0.326 e. The molecule has 0 aliphatic carbocycles. The second kappa shape index (κ2) is 6.06. The summed E-state index contributed by atoms with van der Waals surface area (Å²) in [5.74, 6) is -0.110. The van der Waals surface area contributed by atoms with Crippen LogP contribution in [-0.4, -0.2) is 19.6 Å². The van der Waals surface area contributed by atoms with E-state index >= 15 is 0 Å². The van der Waals surface area contributed by atoms with Crippen molar-refractivity contribution < 1.29 is 13.2 Å². The molecule has 1 rings (SSSR count). The Balaban J connectivity index is 3.01. The highest BCUT2D eigenvalue weighted by molar-refractivity contribution is 7.93. The van der Waals surface area contributed by atoms with E-state index in [1.165, 1.54) is 0 Å². The van der Waals surface area contributed by atoms with Crippen molar-refractivity contribution in [2.24, 2.45) is 0 Å². The Labute approximate surface area is 114 Å². The number of rotatable bonds is 5. The van der Waals surface area contributed by atoms with Gasteiger partial charge in [0, 0.05) is 12.1 Å². The second-order valence-electron chi connectivity index (χ2n) is 4.63. The Morgan fingerprint density at radius 3 is 2.47 bits per heavy atom. The number of benzene rings is 1. The van der Waals surface area contributed by atoms with Gasteiger partial charge >= 0.3 is 0 Å². The summed E-state index contributed by atoms with van der Waals surface area (Å²) < 4.78 is 26.2. The van der Waals surface area contributed by atoms with Gasteiger partial charge in [-0.15, -0.1) is 0 Å². The van der Waals surface area contributed by atoms with Crippen molar-refractivity contribution in [3.8, 4) is 0 Å². The summed E-state index contributed by atoms with van der Waals surface area (Å²) in [6.45, 7) is 6.79. The molecule has 0 bridgehead atoms. The summed E-state index contributed by atoms with van der Waals surface area (Å²) in [6.07, 6.45) is 0.376. The van der Waals surface area contributed by atoms with Crippen molar-refractivity contribution in [1.82, 2.24) is 0 Å². The number of nitrogens with one attached hydrogen (secondary N) is 2. The van der Waals surface area contributed by atoms with Gasteiger partial charge in [-0.1, -0.05) is 13.0 Å². The van der Waals surface area contributed by atoms with Gasteiger partial charge in [0.25, 0.3) is 0 Å². The predicted octanol–water partition coefficient (Wildman–Crippen LogP) is 2.49. The van der Waals surface area contributed by atoms with Crippen LogP contribution in [0.1, 0.15) is 32.8 Å². The van der Waals surface area contributed by atoms with E-state index < -0.39 is 15.3 Å². The molecule has 5 nitrogen and oxygen atoms in total. The van der Waals surface area contributed by atoms with Crippen LogP contribution in [0.25, 0.3) is 0 Å². The first-order valence-corrected chi connectivity index (χ1v) is 7.73. The van der Waals surface area contributed by atoms with Gasteiger partial charge in [0.05, 0.1) is 10.9 Å². The monoisotopic (exact) mass is 284 g/mol. The highest BCUT2D eigenvalue weighted by Crippen LogP contribution is 2.22. The lowest BCUT2D eigenvalue weighted by Gasteiger charge is -2.14. The molecule has 0 spiro atoms. The zero-order chi connectivity index (χ0) is 14.6. The minimum absolute atomic E-state index is 0.110. The Hall–Kier alpha value is -1.56. The minimum atomic E-state index is -3.39. The van der Waals surface area contributed by atoms with E-state index in [-0.39, 0.29) is 5.91 Å². The van der Waals surface area contributed by atoms with Gasteiger partial charge in [-0.2, -0.15) is 0 Å². The van der Waals surface area contributed by atoms with Crippen molar-refractivity contribution >= 4 is 27.3 Å². The average molecular weight is 284 g/mol. The number of anilines is 2. The third kappa shape index (κ3) is 4.24. The van der Waals surface area contributed by atoms with Gasteiger partial charge < -0.3 is 5.32 Å². The number of hydrogen-bond acceptors (Lipinski definition) is 3. The zero-order valence-corrected chi connectivity index (χ0v) is 12.5. The van der Waals surface area contributed by atoms with Crippen LogP contribution in [0, 0.1) is 6.92 Å². The Morgan fingerprint density at radius 2 is 1.95 bits per heavy atom. The molecule has 0 aromatic heterocycles. The van der Waals surface area contributed by atoms with Crippen LogP contribution in [0.15, 0.2) is 18.2 Å². The number of amides is 1. The van der Waals surface area contributed by atoms with Crippen LogP contribution in [0.4, 0.5) is 11.4 Å². The topological polar surface area (TPSA) is 75.3 Å². The van der Waals surface area contributed by atoms with E-state index in [0.29, 0.717) is 17.8 Å². The van der Waals surface area contributed by atoms with E-state index in [0.717, 1.165) is 5.56 Å². The maximum atomic E-state index is 11.8. The molecule has 1 aromatic carbocycles. The predicted molar refractivity (Wildman–Crippen MR) is 77.8 cm³/mol. The van der Waals surface area contributed by atoms with Crippen LogP contribution in [0.5, 0.6) is 0 Å². The molecule has 6 heteroatoms. The molecule has 106 valence electrons. The molecule has 0 fully saturated rings. The fourth-order valence-corrected chi connectivity index (χ4v) is 2.09. The molecule has 19 heavy (non-hydrogen) atoms. The van der Waals surface area contributed by atoms with Crippen LogP contribution in [0.2, 0.25) is 0 Å². The Bertz CT molecular complexity index is 565. The lowest BCUT2D eigenvalue weighted by atomic mass is 10.2. The van der Waals surface area contributed by atoms with Gasteiger partial charge in [-0.05, 0) is 38.5 Å². The lowest BCUT2D eigenvalue weighted by molar-refractivity contribution is -0.115. The number of carbonyl (C=O) groups is 1. The van der Waals surface area contributed by atoms with E-state index in [1.807, 2.05) is 6.92 Å². The van der Waals surface area contributed by atoms with Crippen LogP contribution >= 0.6 is 0 Å². The quantitative estimate of drug-likeness (QED) is 0.872. The number of sulfonamides is 1. The molecule has 0 aliphatic rings. The fourth-order valence-electron chi connectivity index (χ4n) is 1.33. The Morgan fingerprint density at radius 1 is 1.32 bits per heavy atom. The molecule has 0 radical (unpaired) electrons. The molecule has 0 heterocycles. The van der Waals surface area contributed by atoms with Crippen molar-refractivity contribution in [2.45, 2.75) is 39.4 Å². The van der Waals surface area contributed by atoms with Crippen LogP contribution in [-0.2, 0) is 14.8 Å². The second-order valence-corrected chi connectivity index (χ2v) is 6.86. The molecular weight excluding hydrogens is 264 g/mol. The summed E-state index contributed by atoms with van der Waals surface area (Å²) >= 11 is 0. The van der Waals surface area contributed by atoms with Crippen LogP contribution in [0.3, 0.4) is 0 Å². The zero-order valence-electron chi connectivity index (χ0n) is 11.6. The standard InChI is InChI=1S/C13H20N2O3S/c1-5-13(16)14-11-7-6-10(4)12(8-11)15-19(17,18)9(2)3/h6-9,15H,5H2,1-4H3,(H,14,16). The summed E-state index contributed by atoms with van der Waals surface area (Å²) in [5, 5.41) is 2.19. The summed E-state index contributed by atoms with van der Waals surface area (Å²) in [4.78, 5) is 11.3. The van der Waals surface area contributed by atoms with Gasteiger partial charge in [-0.3, -0.25) is 9.52 Å². The average Bonchev–Trinajstić information content (AvgIpc) is 2.32. The molecule has 0 unspecified atom stereocenters. The smallest absolute Gasteiger partial charge is 0.235 e. The summed E-state index contributed by atoms with van der Waals surface area (Å²) in [5.41, 5.74) is 1.88. The fraction of sp³-hybridized carbons (Fsp3) is 0.462. The molecule has 1 amide bonds. The van der Waals surface area contributed by atoms with Gasteiger partial charge in [-0.25, -0.2) is 8.42 Å². The molecule has 0 saturated carbocycles. The third-order valence-electron chi connectivity index (χ3n) is 2.72. The molecular formula is C13H20N2O3S. The number of carbonyl (C=O) groups excluding carboxylic acids is 1. The van der Waals surface area contributed by atoms with Gasteiger partial charge in [0.1, 0.15) is 0 Å². The molecule has 0 atom stereocenters. The van der Waals surface area contributed by atoms with E-state index in [4.69, 9.17) is 0 Å². The van der Waals surface area contributed by atoms with Crippen LogP contribution < -0.4 is 10.0 Å². The summed E-state index contributed by atoms with van der Waals surface area (Å²) in [6, 6.07) is 5.14. The molecule has 0 aliphatic heterocycles. The van der Waals surface area contributed by atoms with E-state index in [2.05, 4.69) is 10.0 Å².